The zero-order valence-electron chi connectivity index (χ0n) is 18.8. The molecule has 0 bridgehead atoms. The van der Waals surface area contributed by atoms with Gasteiger partial charge in [-0.2, -0.15) is 5.10 Å². The van der Waals surface area contributed by atoms with Gasteiger partial charge in [-0.25, -0.2) is 9.66 Å². The highest BCUT2D eigenvalue weighted by Crippen LogP contribution is 2.23. The molecule has 0 unspecified atom stereocenters. The molecular formula is C25H27N5OS. The van der Waals surface area contributed by atoms with Gasteiger partial charge in [-0.3, -0.25) is 4.99 Å². The quantitative estimate of drug-likeness (QED) is 0.302. The van der Waals surface area contributed by atoms with Crippen molar-refractivity contribution in [2.75, 3.05) is 20.3 Å². The van der Waals surface area contributed by atoms with E-state index in [1.54, 1.807) is 31.0 Å². The summed E-state index contributed by atoms with van der Waals surface area (Å²) >= 11 is 1.59. The van der Waals surface area contributed by atoms with E-state index in [0.29, 0.717) is 13.2 Å². The smallest absolute Gasteiger partial charge is 0.206 e. The fraction of sp³-hybridized carbons (Fsp3) is 0.240. The van der Waals surface area contributed by atoms with Crippen molar-refractivity contribution in [2.45, 2.75) is 20.8 Å². The molecule has 0 aliphatic carbocycles. The molecular weight excluding hydrogens is 418 g/mol. The number of rotatable bonds is 7. The molecule has 0 spiro atoms. The Morgan fingerprint density at radius 2 is 1.91 bits per heavy atom. The Kier molecular flexibility index (Phi) is 6.78. The molecule has 32 heavy (non-hydrogen) atoms. The van der Waals surface area contributed by atoms with E-state index < -0.39 is 0 Å². The SMILES string of the molecule is COCCN=c1scc(-c2ccc(C)c(C)c2)n1N=C(C)c1ccc(-n2ccnc2)cc1. The van der Waals surface area contributed by atoms with Crippen LogP contribution in [0.5, 0.6) is 0 Å². The van der Waals surface area contributed by atoms with Crippen LogP contribution in [0, 0.1) is 13.8 Å². The maximum absolute atomic E-state index is 5.18. The molecule has 0 fully saturated rings. The van der Waals surface area contributed by atoms with Gasteiger partial charge in [-0.05, 0) is 55.7 Å². The fourth-order valence-corrected chi connectivity index (χ4v) is 4.19. The fourth-order valence-electron chi connectivity index (χ4n) is 3.33. The topological polar surface area (TPSA) is 56.7 Å². The third kappa shape index (κ3) is 4.79. The van der Waals surface area contributed by atoms with Gasteiger partial charge in [0.25, 0.3) is 0 Å². The Hall–Kier alpha value is -3.29. The molecule has 164 valence electrons. The maximum atomic E-state index is 5.18. The normalized spacial score (nSPS) is 12.5. The number of hydrogen-bond acceptors (Lipinski definition) is 5. The van der Waals surface area contributed by atoms with E-state index in [0.717, 1.165) is 33.0 Å². The molecule has 2 heterocycles. The van der Waals surface area contributed by atoms with Crippen LogP contribution < -0.4 is 4.80 Å². The van der Waals surface area contributed by atoms with Crippen molar-refractivity contribution < 1.29 is 4.74 Å². The third-order valence-corrected chi connectivity index (χ3v) is 6.22. The van der Waals surface area contributed by atoms with Crippen LogP contribution in [0.3, 0.4) is 0 Å². The van der Waals surface area contributed by atoms with Gasteiger partial charge in [-0.15, -0.1) is 11.3 Å². The summed E-state index contributed by atoms with van der Waals surface area (Å²) in [5.41, 5.74) is 7.73. The molecule has 6 nitrogen and oxygen atoms in total. The average Bonchev–Trinajstić information content (AvgIpc) is 3.47. The Bertz CT molecular complexity index is 1280. The Balaban J connectivity index is 1.74. The van der Waals surface area contributed by atoms with E-state index in [2.05, 4.69) is 66.7 Å². The van der Waals surface area contributed by atoms with E-state index in [1.165, 1.54) is 11.1 Å². The minimum Gasteiger partial charge on any atom is -0.383 e. The monoisotopic (exact) mass is 445 g/mol. The Morgan fingerprint density at radius 3 is 2.59 bits per heavy atom. The van der Waals surface area contributed by atoms with Gasteiger partial charge in [0.1, 0.15) is 0 Å². The van der Waals surface area contributed by atoms with Crippen molar-refractivity contribution in [1.82, 2.24) is 14.2 Å². The maximum Gasteiger partial charge on any atom is 0.206 e. The summed E-state index contributed by atoms with van der Waals surface area (Å²) in [6.07, 6.45) is 5.50. The van der Waals surface area contributed by atoms with Crippen molar-refractivity contribution in [1.29, 1.82) is 0 Å². The number of aryl methyl sites for hydroxylation is 2. The predicted octanol–water partition coefficient (Wildman–Crippen LogP) is 4.84. The molecule has 0 amide bonds. The van der Waals surface area contributed by atoms with E-state index in [9.17, 15) is 0 Å². The van der Waals surface area contributed by atoms with Crippen molar-refractivity contribution >= 4 is 17.0 Å². The van der Waals surface area contributed by atoms with Crippen LogP contribution in [0.2, 0.25) is 0 Å². The van der Waals surface area contributed by atoms with E-state index in [1.807, 2.05) is 22.4 Å². The first-order valence-corrected chi connectivity index (χ1v) is 11.4. The second-order valence-corrected chi connectivity index (χ2v) is 8.43. The summed E-state index contributed by atoms with van der Waals surface area (Å²) in [6, 6.07) is 14.8. The van der Waals surface area contributed by atoms with Crippen molar-refractivity contribution in [3.63, 3.8) is 0 Å². The highest BCUT2D eigenvalue weighted by atomic mass is 32.1. The summed E-state index contributed by atoms with van der Waals surface area (Å²) in [5, 5.41) is 7.10. The number of benzene rings is 2. The molecule has 0 radical (unpaired) electrons. The molecule has 0 aliphatic rings. The highest BCUT2D eigenvalue weighted by Gasteiger charge is 2.10. The van der Waals surface area contributed by atoms with Gasteiger partial charge in [0.15, 0.2) is 0 Å². The lowest BCUT2D eigenvalue weighted by Crippen LogP contribution is -2.15. The molecule has 0 saturated heterocycles. The van der Waals surface area contributed by atoms with E-state index >= 15 is 0 Å². The van der Waals surface area contributed by atoms with Crippen LogP contribution in [-0.2, 0) is 4.74 Å². The zero-order chi connectivity index (χ0) is 22.5. The highest BCUT2D eigenvalue weighted by molar-refractivity contribution is 7.07. The Labute approximate surface area is 192 Å². The third-order valence-electron chi connectivity index (χ3n) is 5.37. The zero-order valence-corrected chi connectivity index (χ0v) is 19.6. The number of hydrogen-bond donors (Lipinski definition) is 0. The lowest BCUT2D eigenvalue weighted by molar-refractivity contribution is 0.207. The van der Waals surface area contributed by atoms with Crippen LogP contribution in [0.4, 0.5) is 0 Å². The van der Waals surface area contributed by atoms with Gasteiger partial charge in [0, 0.05) is 36.1 Å². The second-order valence-electron chi connectivity index (χ2n) is 7.59. The van der Waals surface area contributed by atoms with Crippen LogP contribution in [-0.4, -0.2) is 40.2 Å². The number of ether oxygens (including phenoxy) is 1. The minimum absolute atomic E-state index is 0.579. The first-order valence-electron chi connectivity index (χ1n) is 10.5. The van der Waals surface area contributed by atoms with Gasteiger partial charge in [-0.1, -0.05) is 24.3 Å². The number of aromatic nitrogens is 3. The first kappa shape index (κ1) is 21.9. The number of nitrogens with zero attached hydrogens (tertiary/aromatic N) is 5. The second kappa shape index (κ2) is 9.89. The summed E-state index contributed by atoms with van der Waals surface area (Å²) < 4.78 is 9.10. The van der Waals surface area contributed by atoms with Crippen LogP contribution >= 0.6 is 11.3 Å². The number of thiazole rings is 1. The molecule has 7 heteroatoms. The standard InChI is InChI=1S/C25H27N5OS/c1-18-5-6-22(15-19(18)2)24-16-32-25(27-12-14-31-4)30(24)28-20(3)21-7-9-23(10-8-21)29-13-11-26-17-29/h5-11,13,15-17H,12,14H2,1-4H3. The van der Waals surface area contributed by atoms with Gasteiger partial charge in [0.05, 0.1) is 30.9 Å². The Morgan fingerprint density at radius 1 is 1.09 bits per heavy atom. The molecule has 2 aromatic carbocycles. The summed E-state index contributed by atoms with van der Waals surface area (Å²) in [7, 11) is 1.69. The molecule has 4 aromatic rings. The summed E-state index contributed by atoms with van der Waals surface area (Å²) in [5.74, 6) is 0. The largest absolute Gasteiger partial charge is 0.383 e. The molecule has 0 atom stereocenters. The van der Waals surface area contributed by atoms with Crippen molar-refractivity contribution in [3.8, 4) is 16.9 Å². The van der Waals surface area contributed by atoms with Gasteiger partial charge >= 0.3 is 0 Å². The van der Waals surface area contributed by atoms with Crippen molar-refractivity contribution in [2.24, 2.45) is 10.1 Å². The average molecular weight is 446 g/mol. The molecule has 0 aliphatic heterocycles. The lowest BCUT2D eigenvalue weighted by atomic mass is 10.1. The summed E-state index contributed by atoms with van der Waals surface area (Å²) in [4.78, 5) is 9.68. The predicted molar refractivity (Wildman–Crippen MR) is 131 cm³/mol. The summed E-state index contributed by atoms with van der Waals surface area (Å²) in [6.45, 7) is 7.46. The number of methoxy groups -OCH3 is 1. The van der Waals surface area contributed by atoms with E-state index in [4.69, 9.17) is 14.8 Å². The van der Waals surface area contributed by atoms with Gasteiger partial charge in [0.2, 0.25) is 4.80 Å². The molecule has 4 rings (SSSR count). The lowest BCUT2D eigenvalue weighted by Gasteiger charge is -2.09. The number of imidazole rings is 1. The van der Waals surface area contributed by atoms with E-state index in [-0.39, 0.29) is 0 Å². The first-order chi connectivity index (χ1) is 15.6. The van der Waals surface area contributed by atoms with Crippen LogP contribution in [0.15, 0.2) is 76.7 Å². The molecule has 2 aromatic heterocycles. The molecule has 0 N–H and O–H groups in total. The van der Waals surface area contributed by atoms with Gasteiger partial charge < -0.3 is 9.30 Å². The molecule has 0 saturated carbocycles. The van der Waals surface area contributed by atoms with Crippen LogP contribution in [0.25, 0.3) is 16.9 Å². The van der Waals surface area contributed by atoms with Crippen LogP contribution in [0.1, 0.15) is 23.6 Å². The minimum atomic E-state index is 0.579. The van der Waals surface area contributed by atoms with Crippen molar-refractivity contribution in [3.05, 3.63) is 88.1 Å².